The number of hydrogen-bond acceptors (Lipinski definition) is 0. The standard InChI is InChI=1S/C14H12/c1-13(2)9-5-3-6-10-14-11-7-4-8-12-14/h4,7-9,11-12H,1-2H3. The lowest BCUT2D eigenvalue weighted by molar-refractivity contribution is 1.40. The van der Waals surface area contributed by atoms with Gasteiger partial charge in [0.05, 0.1) is 0 Å². The molecule has 0 aliphatic heterocycles. The van der Waals surface area contributed by atoms with Crippen LogP contribution in [0.25, 0.3) is 0 Å². The van der Waals surface area contributed by atoms with E-state index in [0.717, 1.165) is 5.56 Å². The molecule has 1 aromatic rings. The summed E-state index contributed by atoms with van der Waals surface area (Å²) in [5.74, 6) is 11.4. The molecule has 0 heteroatoms. The van der Waals surface area contributed by atoms with Gasteiger partial charge in [-0.05, 0) is 43.9 Å². The Hall–Kier alpha value is -1.92. The molecule has 0 amide bonds. The van der Waals surface area contributed by atoms with E-state index in [2.05, 4.69) is 23.7 Å². The number of rotatable bonds is 0. The summed E-state index contributed by atoms with van der Waals surface area (Å²) in [7, 11) is 0. The van der Waals surface area contributed by atoms with E-state index in [1.165, 1.54) is 5.57 Å². The van der Waals surface area contributed by atoms with E-state index in [4.69, 9.17) is 0 Å². The van der Waals surface area contributed by atoms with Crippen LogP contribution in [0.1, 0.15) is 19.4 Å². The second-order valence-corrected chi connectivity index (χ2v) is 3.11. The molecule has 1 aromatic carbocycles. The lowest BCUT2D eigenvalue weighted by atomic mass is 10.2. The molecular formula is C14H12. The van der Waals surface area contributed by atoms with Crippen LogP contribution in [0.15, 0.2) is 42.0 Å². The molecule has 0 aromatic heterocycles. The van der Waals surface area contributed by atoms with Crippen molar-refractivity contribution < 1.29 is 0 Å². The predicted molar refractivity (Wildman–Crippen MR) is 60.5 cm³/mol. The highest BCUT2D eigenvalue weighted by Gasteiger charge is 1.78. The van der Waals surface area contributed by atoms with Crippen molar-refractivity contribution in [2.24, 2.45) is 0 Å². The van der Waals surface area contributed by atoms with Crippen molar-refractivity contribution in [3.8, 4) is 23.7 Å². The van der Waals surface area contributed by atoms with Crippen LogP contribution in [-0.2, 0) is 0 Å². The van der Waals surface area contributed by atoms with Gasteiger partial charge >= 0.3 is 0 Å². The SMILES string of the molecule is CC(C)=CC#CC#Cc1ccccc1. The van der Waals surface area contributed by atoms with Gasteiger partial charge in [0, 0.05) is 5.56 Å². The van der Waals surface area contributed by atoms with Crippen molar-refractivity contribution in [2.75, 3.05) is 0 Å². The summed E-state index contributed by atoms with van der Waals surface area (Å²) in [5.41, 5.74) is 2.19. The van der Waals surface area contributed by atoms with Gasteiger partial charge in [-0.3, -0.25) is 0 Å². The Bertz CT molecular complexity index is 424. The zero-order chi connectivity index (χ0) is 10.2. The monoisotopic (exact) mass is 180 g/mol. The minimum absolute atomic E-state index is 0.999. The number of hydrogen-bond donors (Lipinski definition) is 0. The van der Waals surface area contributed by atoms with Crippen LogP contribution in [0.3, 0.4) is 0 Å². The van der Waals surface area contributed by atoms with Crippen molar-refractivity contribution in [3.05, 3.63) is 47.5 Å². The lowest BCUT2D eigenvalue weighted by Gasteiger charge is -1.83. The quantitative estimate of drug-likeness (QED) is 0.538. The summed E-state index contributed by atoms with van der Waals surface area (Å²) in [4.78, 5) is 0. The first-order valence-electron chi connectivity index (χ1n) is 4.49. The average molecular weight is 180 g/mol. The van der Waals surface area contributed by atoms with E-state index in [-0.39, 0.29) is 0 Å². The van der Waals surface area contributed by atoms with Gasteiger partial charge in [-0.1, -0.05) is 35.6 Å². The minimum Gasteiger partial charge on any atom is -0.0681 e. The molecule has 0 radical (unpaired) electrons. The molecule has 14 heavy (non-hydrogen) atoms. The van der Waals surface area contributed by atoms with Crippen LogP contribution in [0.4, 0.5) is 0 Å². The highest BCUT2D eigenvalue weighted by molar-refractivity contribution is 5.41. The molecule has 68 valence electrons. The summed E-state index contributed by atoms with van der Waals surface area (Å²) in [6.07, 6.45) is 1.86. The van der Waals surface area contributed by atoms with Gasteiger partial charge in [0.2, 0.25) is 0 Å². The second kappa shape index (κ2) is 5.68. The Morgan fingerprint density at radius 3 is 2.43 bits per heavy atom. The molecule has 0 bridgehead atoms. The molecule has 0 aliphatic rings. The Labute approximate surface area is 85.7 Å². The molecule has 0 atom stereocenters. The molecule has 0 heterocycles. The number of allylic oxidation sites excluding steroid dienone is 2. The Morgan fingerprint density at radius 1 is 1.07 bits per heavy atom. The van der Waals surface area contributed by atoms with Crippen LogP contribution < -0.4 is 0 Å². The molecule has 1 rings (SSSR count). The van der Waals surface area contributed by atoms with Crippen LogP contribution in [-0.4, -0.2) is 0 Å². The highest BCUT2D eigenvalue weighted by atomic mass is 13.8. The molecule has 0 nitrogen and oxygen atoms in total. The van der Waals surface area contributed by atoms with Gasteiger partial charge < -0.3 is 0 Å². The molecule has 0 spiro atoms. The molecular weight excluding hydrogens is 168 g/mol. The minimum atomic E-state index is 0.999. The maximum atomic E-state index is 2.97. The molecule has 0 N–H and O–H groups in total. The first-order valence-corrected chi connectivity index (χ1v) is 4.49. The fourth-order valence-electron chi connectivity index (χ4n) is 0.841. The smallest absolute Gasteiger partial charge is 0.0255 e. The van der Waals surface area contributed by atoms with Crippen molar-refractivity contribution in [1.29, 1.82) is 0 Å². The van der Waals surface area contributed by atoms with E-state index in [0.29, 0.717) is 0 Å². The van der Waals surface area contributed by atoms with Crippen molar-refractivity contribution >= 4 is 0 Å². The Morgan fingerprint density at radius 2 is 1.79 bits per heavy atom. The zero-order valence-corrected chi connectivity index (χ0v) is 8.46. The van der Waals surface area contributed by atoms with Gasteiger partial charge in [0.25, 0.3) is 0 Å². The van der Waals surface area contributed by atoms with Crippen molar-refractivity contribution in [3.63, 3.8) is 0 Å². The topological polar surface area (TPSA) is 0 Å². The van der Waals surface area contributed by atoms with E-state index in [1.807, 2.05) is 50.3 Å². The second-order valence-electron chi connectivity index (χ2n) is 3.11. The van der Waals surface area contributed by atoms with Crippen LogP contribution >= 0.6 is 0 Å². The summed E-state index contributed by atoms with van der Waals surface area (Å²) in [5, 5.41) is 0. The lowest BCUT2D eigenvalue weighted by Crippen LogP contribution is -1.69. The number of benzene rings is 1. The van der Waals surface area contributed by atoms with Gasteiger partial charge in [-0.2, -0.15) is 0 Å². The van der Waals surface area contributed by atoms with Crippen molar-refractivity contribution in [1.82, 2.24) is 0 Å². The first kappa shape index (κ1) is 10.2. The maximum Gasteiger partial charge on any atom is 0.0255 e. The summed E-state index contributed by atoms with van der Waals surface area (Å²) in [6, 6.07) is 9.84. The Kier molecular flexibility index (Phi) is 4.12. The third kappa shape index (κ3) is 4.19. The summed E-state index contributed by atoms with van der Waals surface area (Å²) < 4.78 is 0. The molecule has 0 saturated carbocycles. The zero-order valence-electron chi connectivity index (χ0n) is 8.46. The van der Waals surface area contributed by atoms with E-state index >= 15 is 0 Å². The normalized spacial score (nSPS) is 7.57. The van der Waals surface area contributed by atoms with Gasteiger partial charge in [0.1, 0.15) is 0 Å². The molecule has 0 saturated heterocycles. The third-order valence-corrected chi connectivity index (χ3v) is 1.48. The highest BCUT2D eigenvalue weighted by Crippen LogP contribution is 1.94. The van der Waals surface area contributed by atoms with Gasteiger partial charge in [-0.25, -0.2) is 0 Å². The largest absolute Gasteiger partial charge is 0.0681 e. The van der Waals surface area contributed by atoms with E-state index in [1.54, 1.807) is 0 Å². The average Bonchev–Trinajstić information content (AvgIpc) is 2.18. The fraction of sp³-hybridized carbons (Fsp3) is 0.143. The van der Waals surface area contributed by atoms with Crippen LogP contribution in [0.2, 0.25) is 0 Å². The van der Waals surface area contributed by atoms with Crippen LogP contribution in [0, 0.1) is 23.7 Å². The van der Waals surface area contributed by atoms with Crippen molar-refractivity contribution in [2.45, 2.75) is 13.8 Å². The van der Waals surface area contributed by atoms with Gasteiger partial charge in [-0.15, -0.1) is 0 Å². The van der Waals surface area contributed by atoms with Crippen LogP contribution in [0.5, 0.6) is 0 Å². The fourth-order valence-corrected chi connectivity index (χ4v) is 0.841. The maximum absolute atomic E-state index is 2.97. The summed E-state index contributed by atoms with van der Waals surface area (Å²) in [6.45, 7) is 4.03. The predicted octanol–water partition coefficient (Wildman–Crippen LogP) is 3.01. The summed E-state index contributed by atoms with van der Waals surface area (Å²) >= 11 is 0. The molecule has 0 aliphatic carbocycles. The first-order chi connectivity index (χ1) is 6.79. The Balaban J connectivity index is 2.65. The third-order valence-electron chi connectivity index (χ3n) is 1.48. The molecule has 0 unspecified atom stereocenters. The van der Waals surface area contributed by atoms with Gasteiger partial charge in [0.15, 0.2) is 0 Å². The van der Waals surface area contributed by atoms with E-state index < -0.39 is 0 Å². The molecule has 0 fully saturated rings. The van der Waals surface area contributed by atoms with E-state index in [9.17, 15) is 0 Å².